The van der Waals surface area contributed by atoms with Crippen LogP contribution in [0.1, 0.15) is 17.5 Å². The van der Waals surface area contributed by atoms with E-state index in [9.17, 15) is 0 Å². The van der Waals surface area contributed by atoms with E-state index in [-0.39, 0.29) is 0 Å². The normalized spacial score (nSPS) is 26.4. The summed E-state index contributed by atoms with van der Waals surface area (Å²) in [4.78, 5) is 2.61. The molecule has 1 atom stereocenters. The van der Waals surface area contributed by atoms with Crippen LogP contribution in [0.2, 0.25) is 0 Å². The quantitative estimate of drug-likeness (QED) is 0.712. The summed E-state index contributed by atoms with van der Waals surface area (Å²) in [5, 5.41) is 0. The molecule has 0 aromatic heterocycles. The number of morpholine rings is 1. The second-order valence-corrected chi connectivity index (χ2v) is 4.81. The van der Waals surface area contributed by atoms with Gasteiger partial charge >= 0.3 is 0 Å². The van der Waals surface area contributed by atoms with Crippen LogP contribution in [0, 0.1) is 0 Å². The number of hydrogen-bond donors (Lipinski definition) is 0. The van der Waals surface area contributed by atoms with E-state index in [0.717, 1.165) is 32.3 Å². The van der Waals surface area contributed by atoms with Crippen molar-refractivity contribution in [1.29, 1.82) is 0 Å². The minimum absolute atomic E-state index is 0.749. The Morgan fingerprint density at radius 3 is 2.62 bits per heavy atom. The van der Waals surface area contributed by atoms with Crippen LogP contribution < -0.4 is 0 Å². The van der Waals surface area contributed by atoms with Crippen molar-refractivity contribution in [2.75, 3.05) is 26.3 Å². The number of aryl methyl sites for hydroxylation is 1. The summed E-state index contributed by atoms with van der Waals surface area (Å²) in [6.07, 6.45) is 3.80. The molecule has 0 bridgehead atoms. The Bertz CT molecular complexity index is 358. The molecule has 2 heteroatoms. The number of hydrogen-bond acceptors (Lipinski definition) is 2. The zero-order valence-electron chi connectivity index (χ0n) is 9.69. The van der Waals surface area contributed by atoms with E-state index >= 15 is 0 Å². The Hall–Kier alpha value is -0.860. The fourth-order valence-electron chi connectivity index (χ4n) is 2.93. The average molecular weight is 217 g/mol. The van der Waals surface area contributed by atoms with E-state index in [1.54, 1.807) is 11.1 Å². The smallest absolute Gasteiger partial charge is 0.0594 e. The van der Waals surface area contributed by atoms with E-state index in [1.165, 1.54) is 19.3 Å². The van der Waals surface area contributed by atoms with Gasteiger partial charge in [-0.1, -0.05) is 24.3 Å². The Kier molecular flexibility index (Phi) is 2.94. The number of ether oxygens (including phenoxy) is 1. The molecule has 0 radical (unpaired) electrons. The van der Waals surface area contributed by atoms with Crippen LogP contribution in [-0.4, -0.2) is 37.2 Å². The first kappa shape index (κ1) is 10.3. The van der Waals surface area contributed by atoms with Gasteiger partial charge in [-0.25, -0.2) is 0 Å². The first-order valence-corrected chi connectivity index (χ1v) is 6.32. The van der Waals surface area contributed by atoms with Crippen molar-refractivity contribution in [3.8, 4) is 0 Å². The number of fused-ring (bicyclic) bond motifs is 1. The van der Waals surface area contributed by atoms with Gasteiger partial charge in [0.2, 0.25) is 0 Å². The molecule has 1 saturated heterocycles. The molecule has 2 nitrogen and oxygen atoms in total. The molecule has 1 aromatic carbocycles. The predicted octanol–water partition coefficient (Wildman–Crippen LogP) is 1.88. The van der Waals surface area contributed by atoms with Crippen LogP contribution >= 0.6 is 0 Å². The van der Waals surface area contributed by atoms with E-state index in [0.29, 0.717) is 0 Å². The van der Waals surface area contributed by atoms with Crippen LogP contribution in [0.25, 0.3) is 0 Å². The average Bonchev–Trinajstić information content (AvgIpc) is 2.39. The van der Waals surface area contributed by atoms with E-state index < -0.39 is 0 Å². The third-order valence-electron chi connectivity index (χ3n) is 3.88. The van der Waals surface area contributed by atoms with Gasteiger partial charge in [-0.3, -0.25) is 4.90 Å². The maximum Gasteiger partial charge on any atom is 0.0594 e. The van der Waals surface area contributed by atoms with Gasteiger partial charge in [0.25, 0.3) is 0 Å². The number of nitrogens with zero attached hydrogens (tertiary/aromatic N) is 1. The minimum atomic E-state index is 0.749. The van der Waals surface area contributed by atoms with Crippen molar-refractivity contribution in [3.05, 3.63) is 35.4 Å². The van der Waals surface area contributed by atoms with Gasteiger partial charge in [-0.05, 0) is 30.4 Å². The summed E-state index contributed by atoms with van der Waals surface area (Å²) in [6, 6.07) is 9.65. The molecule has 86 valence electrons. The summed E-state index contributed by atoms with van der Waals surface area (Å²) >= 11 is 0. The molecule has 2 aliphatic rings. The maximum atomic E-state index is 5.42. The van der Waals surface area contributed by atoms with Crippen molar-refractivity contribution < 1.29 is 4.74 Å². The Labute approximate surface area is 97.2 Å². The van der Waals surface area contributed by atoms with Crippen LogP contribution in [0.3, 0.4) is 0 Å². The van der Waals surface area contributed by atoms with Crippen LogP contribution in [0.4, 0.5) is 0 Å². The second kappa shape index (κ2) is 4.56. The van der Waals surface area contributed by atoms with E-state index in [4.69, 9.17) is 4.74 Å². The zero-order valence-corrected chi connectivity index (χ0v) is 9.69. The molecule has 1 aromatic rings. The highest BCUT2D eigenvalue weighted by Gasteiger charge is 2.24. The molecule has 0 N–H and O–H groups in total. The third kappa shape index (κ3) is 2.00. The fraction of sp³-hybridized carbons (Fsp3) is 0.571. The van der Waals surface area contributed by atoms with Crippen molar-refractivity contribution in [2.45, 2.75) is 25.3 Å². The third-order valence-corrected chi connectivity index (χ3v) is 3.88. The van der Waals surface area contributed by atoms with Crippen LogP contribution in [0.15, 0.2) is 24.3 Å². The van der Waals surface area contributed by atoms with Crippen LogP contribution in [-0.2, 0) is 17.6 Å². The van der Waals surface area contributed by atoms with Crippen molar-refractivity contribution in [3.63, 3.8) is 0 Å². The van der Waals surface area contributed by atoms with Gasteiger partial charge in [0.05, 0.1) is 13.2 Å². The largest absolute Gasteiger partial charge is 0.379 e. The Morgan fingerprint density at radius 2 is 1.81 bits per heavy atom. The number of rotatable bonds is 1. The number of benzene rings is 1. The monoisotopic (exact) mass is 217 g/mol. The standard InChI is InChI=1S/C14H19NO/c1-2-4-13-11-14(6-5-12(13)3-1)15-7-9-16-10-8-15/h1-4,14H,5-11H2/t14-/m0/s1. The maximum absolute atomic E-state index is 5.42. The summed E-state index contributed by atoms with van der Waals surface area (Å²) in [5.74, 6) is 0. The molecule has 0 spiro atoms. The molecule has 1 aliphatic heterocycles. The van der Waals surface area contributed by atoms with Crippen molar-refractivity contribution in [1.82, 2.24) is 4.90 Å². The lowest BCUT2D eigenvalue weighted by molar-refractivity contribution is 0.0137. The zero-order chi connectivity index (χ0) is 10.8. The second-order valence-electron chi connectivity index (χ2n) is 4.81. The van der Waals surface area contributed by atoms with Crippen LogP contribution in [0.5, 0.6) is 0 Å². The van der Waals surface area contributed by atoms with Gasteiger partial charge in [0.15, 0.2) is 0 Å². The topological polar surface area (TPSA) is 12.5 Å². The molecule has 0 unspecified atom stereocenters. The SMILES string of the molecule is c1ccc2c(c1)CC[C@H](N1CCOCC1)C2. The van der Waals surface area contributed by atoms with Gasteiger partial charge in [0.1, 0.15) is 0 Å². The van der Waals surface area contributed by atoms with Gasteiger partial charge in [0, 0.05) is 19.1 Å². The van der Waals surface area contributed by atoms with Gasteiger partial charge < -0.3 is 4.74 Å². The molecular weight excluding hydrogens is 198 g/mol. The minimum Gasteiger partial charge on any atom is -0.379 e. The Balaban J connectivity index is 1.72. The van der Waals surface area contributed by atoms with E-state index in [1.807, 2.05) is 0 Å². The lowest BCUT2D eigenvalue weighted by atomic mass is 9.87. The summed E-state index contributed by atoms with van der Waals surface area (Å²) in [5.41, 5.74) is 3.12. The van der Waals surface area contributed by atoms with Crippen molar-refractivity contribution >= 4 is 0 Å². The first-order valence-electron chi connectivity index (χ1n) is 6.32. The molecule has 16 heavy (non-hydrogen) atoms. The highest BCUT2D eigenvalue weighted by atomic mass is 16.5. The van der Waals surface area contributed by atoms with E-state index in [2.05, 4.69) is 29.2 Å². The fourth-order valence-corrected chi connectivity index (χ4v) is 2.93. The molecule has 1 fully saturated rings. The highest BCUT2D eigenvalue weighted by Crippen LogP contribution is 2.24. The Morgan fingerprint density at radius 1 is 1.06 bits per heavy atom. The molecule has 1 heterocycles. The molecular formula is C14H19NO. The molecule has 1 aliphatic carbocycles. The van der Waals surface area contributed by atoms with Gasteiger partial charge in [-0.15, -0.1) is 0 Å². The van der Waals surface area contributed by atoms with Gasteiger partial charge in [-0.2, -0.15) is 0 Å². The van der Waals surface area contributed by atoms with Crippen molar-refractivity contribution in [2.24, 2.45) is 0 Å². The predicted molar refractivity (Wildman–Crippen MR) is 64.6 cm³/mol. The highest BCUT2D eigenvalue weighted by molar-refractivity contribution is 5.30. The molecule has 3 rings (SSSR count). The summed E-state index contributed by atoms with van der Waals surface area (Å²) in [7, 11) is 0. The lowest BCUT2D eigenvalue weighted by Gasteiger charge is -2.37. The molecule has 0 saturated carbocycles. The summed E-state index contributed by atoms with van der Waals surface area (Å²) in [6.45, 7) is 4.07. The molecule has 0 amide bonds. The summed E-state index contributed by atoms with van der Waals surface area (Å²) < 4.78 is 5.42. The lowest BCUT2D eigenvalue weighted by Crippen LogP contribution is -2.45. The first-order chi connectivity index (χ1) is 7.93.